The fourth-order valence-electron chi connectivity index (χ4n) is 1.65. The van der Waals surface area contributed by atoms with Gasteiger partial charge in [0.2, 0.25) is 0 Å². The molecule has 1 aromatic carbocycles. The molecule has 0 fully saturated rings. The third-order valence-corrected chi connectivity index (χ3v) is 6.45. The minimum Gasteiger partial charge on any atom is -0.146 e. The van der Waals surface area contributed by atoms with Crippen LogP contribution in [0.15, 0.2) is 30.3 Å². The predicted molar refractivity (Wildman–Crippen MR) is 66.2 cm³/mol. The first-order valence-electron chi connectivity index (χ1n) is 4.85. The Morgan fingerprint density at radius 3 is 2.21 bits per heavy atom. The number of hydrogen-bond donors (Lipinski definition) is 0. The number of rotatable bonds is 4. The Morgan fingerprint density at radius 1 is 1.21 bits per heavy atom. The molecule has 0 saturated carbocycles. The number of benzene rings is 1. The Labute approximate surface area is 97.3 Å². The van der Waals surface area contributed by atoms with Crippen LogP contribution in [0.25, 0.3) is 0 Å². The largest absolute Gasteiger partial charge is 0.284 e. The van der Waals surface area contributed by atoms with E-state index in [2.05, 4.69) is 26.0 Å². The van der Waals surface area contributed by atoms with Crippen LogP contribution in [0.3, 0.4) is 0 Å². The van der Waals surface area contributed by atoms with Gasteiger partial charge in [0.25, 0.3) is 7.42 Å². The molecular formula is C11H15Cl2Si. The molecule has 3 heteroatoms. The van der Waals surface area contributed by atoms with E-state index in [1.54, 1.807) is 0 Å². The average molecular weight is 246 g/mol. The third-order valence-electron chi connectivity index (χ3n) is 2.58. The van der Waals surface area contributed by atoms with Gasteiger partial charge in [-0.1, -0.05) is 50.6 Å². The predicted octanol–water partition coefficient (Wildman–Crippen LogP) is 4.25. The van der Waals surface area contributed by atoms with Crippen LogP contribution in [0.2, 0.25) is 0 Å². The van der Waals surface area contributed by atoms with Crippen LogP contribution in [-0.4, -0.2) is 7.42 Å². The van der Waals surface area contributed by atoms with Crippen molar-refractivity contribution in [1.82, 2.24) is 0 Å². The second-order valence-electron chi connectivity index (χ2n) is 3.71. The Kier molecular flexibility index (Phi) is 4.49. The SMILES string of the molecule is CCCC(C)(c1ccccc1)[Si](Cl)Cl. The fraction of sp³-hybridized carbons (Fsp3) is 0.455. The van der Waals surface area contributed by atoms with Crippen LogP contribution in [0.4, 0.5) is 0 Å². The van der Waals surface area contributed by atoms with E-state index in [0.717, 1.165) is 12.8 Å². The van der Waals surface area contributed by atoms with Gasteiger partial charge in [0.1, 0.15) is 0 Å². The zero-order chi connectivity index (χ0) is 10.6. The van der Waals surface area contributed by atoms with E-state index in [1.165, 1.54) is 5.56 Å². The fourth-order valence-corrected chi connectivity index (χ4v) is 3.70. The molecule has 0 saturated heterocycles. The molecule has 1 atom stereocenters. The molecule has 1 unspecified atom stereocenters. The summed E-state index contributed by atoms with van der Waals surface area (Å²) in [5, 5.41) is -0.0240. The van der Waals surface area contributed by atoms with Crippen LogP contribution in [-0.2, 0) is 5.04 Å². The monoisotopic (exact) mass is 245 g/mol. The van der Waals surface area contributed by atoms with Crippen molar-refractivity contribution in [2.45, 2.75) is 31.7 Å². The van der Waals surface area contributed by atoms with Gasteiger partial charge in [-0.15, -0.1) is 22.2 Å². The first kappa shape index (κ1) is 12.1. The minimum absolute atomic E-state index is 0.0240. The lowest BCUT2D eigenvalue weighted by Gasteiger charge is -2.29. The smallest absolute Gasteiger partial charge is 0.146 e. The molecule has 0 heterocycles. The van der Waals surface area contributed by atoms with Gasteiger partial charge >= 0.3 is 0 Å². The molecule has 0 aliphatic rings. The molecule has 0 bridgehead atoms. The van der Waals surface area contributed by atoms with E-state index in [1.807, 2.05) is 18.2 Å². The van der Waals surface area contributed by atoms with Gasteiger partial charge in [0.15, 0.2) is 0 Å². The molecule has 1 aromatic rings. The first-order chi connectivity index (χ1) is 6.61. The Balaban J connectivity index is 2.99. The Bertz CT molecular complexity index is 274. The van der Waals surface area contributed by atoms with Gasteiger partial charge in [-0.3, -0.25) is 0 Å². The quantitative estimate of drug-likeness (QED) is 0.550. The van der Waals surface area contributed by atoms with Crippen molar-refractivity contribution in [2.75, 3.05) is 0 Å². The average Bonchev–Trinajstić information content (AvgIpc) is 2.19. The van der Waals surface area contributed by atoms with E-state index in [9.17, 15) is 0 Å². The van der Waals surface area contributed by atoms with Crippen molar-refractivity contribution in [2.24, 2.45) is 0 Å². The molecule has 77 valence electrons. The zero-order valence-corrected chi connectivity index (χ0v) is 11.1. The summed E-state index contributed by atoms with van der Waals surface area (Å²) in [5.74, 6) is 0. The molecule has 0 nitrogen and oxygen atoms in total. The maximum absolute atomic E-state index is 6.17. The Hall–Kier alpha value is 0.0169. The summed E-state index contributed by atoms with van der Waals surface area (Å²) in [4.78, 5) is 0. The molecule has 0 N–H and O–H groups in total. The van der Waals surface area contributed by atoms with Crippen LogP contribution >= 0.6 is 22.2 Å². The van der Waals surface area contributed by atoms with Crippen LogP contribution in [0, 0.1) is 0 Å². The summed E-state index contributed by atoms with van der Waals surface area (Å²) >= 11 is 12.3. The molecule has 1 radical (unpaired) electrons. The number of halogens is 2. The van der Waals surface area contributed by atoms with Gasteiger partial charge < -0.3 is 0 Å². The molecule has 1 rings (SSSR count). The Morgan fingerprint density at radius 2 is 1.79 bits per heavy atom. The summed E-state index contributed by atoms with van der Waals surface area (Å²) in [6.07, 6.45) is 2.16. The summed E-state index contributed by atoms with van der Waals surface area (Å²) in [6.45, 7) is 4.33. The second kappa shape index (κ2) is 5.20. The van der Waals surface area contributed by atoms with Crippen molar-refractivity contribution in [3.05, 3.63) is 35.9 Å². The molecule has 0 aliphatic carbocycles. The minimum atomic E-state index is -1.34. The van der Waals surface area contributed by atoms with Gasteiger partial charge in [0, 0.05) is 5.04 Å². The maximum atomic E-state index is 6.17. The molecule has 0 aliphatic heterocycles. The highest BCUT2D eigenvalue weighted by molar-refractivity contribution is 7.34. The van der Waals surface area contributed by atoms with Crippen molar-refractivity contribution < 1.29 is 0 Å². The van der Waals surface area contributed by atoms with E-state index in [4.69, 9.17) is 22.2 Å². The van der Waals surface area contributed by atoms with E-state index < -0.39 is 7.42 Å². The van der Waals surface area contributed by atoms with Crippen LogP contribution in [0.5, 0.6) is 0 Å². The summed E-state index contributed by atoms with van der Waals surface area (Å²) in [7, 11) is -1.34. The van der Waals surface area contributed by atoms with Crippen molar-refractivity contribution >= 4 is 29.6 Å². The topological polar surface area (TPSA) is 0 Å². The van der Waals surface area contributed by atoms with E-state index in [-0.39, 0.29) is 5.04 Å². The van der Waals surface area contributed by atoms with Crippen molar-refractivity contribution in [3.63, 3.8) is 0 Å². The lowest BCUT2D eigenvalue weighted by molar-refractivity contribution is 0.590. The molecule has 0 spiro atoms. The zero-order valence-electron chi connectivity index (χ0n) is 8.56. The second-order valence-corrected chi connectivity index (χ2v) is 8.18. The van der Waals surface area contributed by atoms with Crippen molar-refractivity contribution in [3.8, 4) is 0 Å². The molecule has 0 amide bonds. The normalized spacial score (nSPS) is 15.5. The lowest BCUT2D eigenvalue weighted by atomic mass is 9.95. The molecule has 14 heavy (non-hydrogen) atoms. The maximum Gasteiger partial charge on any atom is 0.284 e. The van der Waals surface area contributed by atoms with Gasteiger partial charge in [-0.2, -0.15) is 0 Å². The summed E-state index contributed by atoms with van der Waals surface area (Å²) in [5.41, 5.74) is 1.26. The first-order valence-corrected chi connectivity index (χ1v) is 8.37. The van der Waals surface area contributed by atoms with Crippen LogP contribution < -0.4 is 0 Å². The molecular weight excluding hydrogens is 231 g/mol. The van der Waals surface area contributed by atoms with Gasteiger partial charge in [-0.25, -0.2) is 0 Å². The highest BCUT2D eigenvalue weighted by Crippen LogP contribution is 2.34. The van der Waals surface area contributed by atoms with Crippen LogP contribution in [0.1, 0.15) is 32.3 Å². The van der Waals surface area contributed by atoms with Gasteiger partial charge in [-0.05, 0) is 12.0 Å². The van der Waals surface area contributed by atoms with E-state index >= 15 is 0 Å². The highest BCUT2D eigenvalue weighted by Gasteiger charge is 2.35. The third kappa shape index (κ3) is 2.53. The number of hydrogen-bond acceptors (Lipinski definition) is 0. The summed E-state index contributed by atoms with van der Waals surface area (Å²) < 4.78 is 0. The molecule has 0 aromatic heterocycles. The van der Waals surface area contributed by atoms with Gasteiger partial charge in [0.05, 0.1) is 0 Å². The lowest BCUT2D eigenvalue weighted by Crippen LogP contribution is -2.33. The summed E-state index contributed by atoms with van der Waals surface area (Å²) in [6, 6.07) is 10.3. The highest BCUT2D eigenvalue weighted by atomic mass is 35.7. The van der Waals surface area contributed by atoms with E-state index in [0.29, 0.717) is 0 Å². The van der Waals surface area contributed by atoms with Crippen molar-refractivity contribution in [1.29, 1.82) is 0 Å². The standard InChI is InChI=1S/C11H15Cl2Si/c1-3-9-11(2,14(12)13)10-7-5-4-6-8-10/h4-8H,3,9H2,1-2H3.